The van der Waals surface area contributed by atoms with Crippen LogP contribution < -0.4 is 0 Å². The Kier molecular flexibility index (Phi) is 4.66. The summed E-state index contributed by atoms with van der Waals surface area (Å²) in [5, 5.41) is 0. The molecule has 1 heterocycles. The first kappa shape index (κ1) is 10.4. The number of nitrogens with zero attached hydrogens (tertiary/aromatic N) is 2. The molecule has 0 aromatic carbocycles. The van der Waals surface area contributed by atoms with Gasteiger partial charge in [0, 0.05) is 0 Å². The van der Waals surface area contributed by atoms with Crippen LogP contribution in [0.25, 0.3) is 0 Å². The Morgan fingerprint density at radius 1 is 1.08 bits per heavy atom. The zero-order valence-electron chi connectivity index (χ0n) is 7.10. The molecule has 0 N–H and O–H groups in total. The number of hydrogen-bond donors (Lipinski definition) is 0. The first-order chi connectivity index (χ1) is 6.36. The summed E-state index contributed by atoms with van der Waals surface area (Å²) in [5.41, 5.74) is 0. The second kappa shape index (κ2) is 5.85. The third kappa shape index (κ3) is 3.66. The molecule has 13 heavy (non-hydrogen) atoms. The van der Waals surface area contributed by atoms with Gasteiger partial charge >= 0.3 is 82.3 Å². The van der Waals surface area contributed by atoms with Crippen LogP contribution in [0.5, 0.6) is 0 Å². The maximum atomic E-state index is 9.86. The van der Waals surface area contributed by atoms with Crippen molar-refractivity contribution >= 4 is 27.1 Å². The molecule has 0 spiro atoms. The fourth-order valence-electron chi connectivity index (χ4n) is 1.33. The van der Waals surface area contributed by atoms with Crippen LogP contribution in [0.2, 0.25) is 9.63 Å². The number of aliphatic imine (C=N–C) groups is 2. The van der Waals surface area contributed by atoms with Crippen LogP contribution in [-0.2, 0) is 9.59 Å². The van der Waals surface area contributed by atoms with E-state index < -0.39 is 0 Å². The third-order valence-corrected chi connectivity index (χ3v) is 5.14. The Morgan fingerprint density at radius 2 is 1.54 bits per heavy atom. The van der Waals surface area contributed by atoms with Gasteiger partial charge in [0.05, 0.1) is 0 Å². The Hall–Kier alpha value is -0.721. The second-order valence-electron chi connectivity index (χ2n) is 2.82. The van der Waals surface area contributed by atoms with Crippen molar-refractivity contribution in [1.29, 1.82) is 0 Å². The fourth-order valence-corrected chi connectivity index (χ4v) is 4.28. The van der Waals surface area contributed by atoms with Crippen LogP contribution in [0.3, 0.4) is 0 Å². The van der Waals surface area contributed by atoms with Gasteiger partial charge in [-0.1, -0.05) is 0 Å². The zero-order valence-corrected chi connectivity index (χ0v) is 8.82. The number of hydrogen-bond acceptors (Lipinski definition) is 4. The van der Waals surface area contributed by atoms with E-state index in [0.29, 0.717) is 37.7 Å². The van der Waals surface area contributed by atoms with E-state index in [-0.39, 0.29) is 0 Å². The molecule has 0 aromatic rings. The monoisotopic (exact) mass is 246 g/mol. The van der Waals surface area contributed by atoms with Crippen molar-refractivity contribution in [3.05, 3.63) is 0 Å². The van der Waals surface area contributed by atoms with Crippen molar-refractivity contribution in [2.75, 3.05) is 13.1 Å². The third-order valence-electron chi connectivity index (χ3n) is 1.91. The number of carbonyl (C=O) groups excluding carboxylic acids is 2. The Balaban J connectivity index is 2.27. The van der Waals surface area contributed by atoms with Gasteiger partial charge < -0.3 is 0 Å². The van der Waals surface area contributed by atoms with E-state index in [0.717, 1.165) is 12.8 Å². The molecule has 1 rings (SSSR count). The average molecular weight is 245 g/mol. The van der Waals surface area contributed by atoms with Crippen LogP contribution in [-0.4, -0.2) is 40.2 Å². The normalized spacial score (nSPS) is 26.2. The zero-order chi connectivity index (χ0) is 9.52. The van der Waals surface area contributed by atoms with Crippen molar-refractivity contribution in [2.45, 2.75) is 22.5 Å². The van der Waals surface area contributed by atoms with E-state index in [1.165, 1.54) is 0 Å². The number of rotatable bonds is 4. The topological polar surface area (TPSA) is 58.9 Å². The molecule has 0 aromatic heterocycles. The Morgan fingerprint density at radius 3 is 1.92 bits per heavy atom. The molecule has 1 aliphatic heterocycles. The van der Waals surface area contributed by atoms with Crippen molar-refractivity contribution < 1.29 is 9.59 Å². The summed E-state index contributed by atoms with van der Waals surface area (Å²) in [6, 6.07) is 0. The molecule has 0 radical (unpaired) electrons. The van der Waals surface area contributed by atoms with Crippen molar-refractivity contribution in [2.24, 2.45) is 9.98 Å². The molecular formula is C8H10N2O2Se. The van der Waals surface area contributed by atoms with Crippen LogP contribution in [0.15, 0.2) is 9.98 Å². The van der Waals surface area contributed by atoms with E-state index >= 15 is 0 Å². The number of isocyanates is 2. The van der Waals surface area contributed by atoms with E-state index in [9.17, 15) is 9.59 Å². The molecular weight excluding hydrogens is 235 g/mol. The van der Waals surface area contributed by atoms with E-state index in [1.54, 1.807) is 12.2 Å². The molecule has 1 saturated heterocycles. The van der Waals surface area contributed by atoms with Gasteiger partial charge in [0.25, 0.3) is 0 Å². The molecule has 4 nitrogen and oxygen atoms in total. The fraction of sp³-hybridized carbons (Fsp3) is 0.750. The predicted octanol–water partition coefficient (Wildman–Crippen LogP) is 0.733. The summed E-state index contributed by atoms with van der Waals surface area (Å²) in [5.74, 6) is 0. The molecule has 0 saturated carbocycles. The van der Waals surface area contributed by atoms with Crippen LogP contribution in [0.4, 0.5) is 0 Å². The minimum atomic E-state index is 0.459. The first-order valence-electron chi connectivity index (χ1n) is 4.09. The SMILES string of the molecule is O=C=NCC1CCC(CN=C=O)[Se]1. The molecule has 1 fully saturated rings. The summed E-state index contributed by atoms with van der Waals surface area (Å²) in [6.07, 6.45) is 5.31. The van der Waals surface area contributed by atoms with Gasteiger partial charge in [-0.25, -0.2) is 0 Å². The molecule has 0 amide bonds. The van der Waals surface area contributed by atoms with Crippen LogP contribution >= 0.6 is 0 Å². The molecule has 5 heteroatoms. The van der Waals surface area contributed by atoms with E-state index in [4.69, 9.17) is 0 Å². The Labute approximate surface area is 82.7 Å². The van der Waals surface area contributed by atoms with Gasteiger partial charge in [-0.3, -0.25) is 0 Å². The molecule has 0 aliphatic carbocycles. The minimum absolute atomic E-state index is 0.459. The molecule has 2 atom stereocenters. The van der Waals surface area contributed by atoms with Gasteiger partial charge in [0.1, 0.15) is 0 Å². The Bertz CT molecular complexity index is 231. The molecule has 2 unspecified atom stereocenters. The second-order valence-corrected chi connectivity index (χ2v) is 6.19. The van der Waals surface area contributed by atoms with Gasteiger partial charge in [0.15, 0.2) is 0 Å². The van der Waals surface area contributed by atoms with Gasteiger partial charge in [-0.15, -0.1) is 0 Å². The standard InChI is InChI=1S/C8H10N2O2Se/c11-5-9-3-7-1-2-8(13-7)4-10-6-12/h7-8H,1-4H2. The van der Waals surface area contributed by atoms with E-state index in [2.05, 4.69) is 9.98 Å². The quantitative estimate of drug-likeness (QED) is 0.416. The first-order valence-corrected chi connectivity index (χ1v) is 6.07. The van der Waals surface area contributed by atoms with Crippen LogP contribution in [0, 0.1) is 0 Å². The molecule has 70 valence electrons. The van der Waals surface area contributed by atoms with Gasteiger partial charge in [-0.2, -0.15) is 0 Å². The van der Waals surface area contributed by atoms with Crippen LogP contribution in [0.1, 0.15) is 12.8 Å². The van der Waals surface area contributed by atoms with Gasteiger partial charge in [-0.05, 0) is 0 Å². The average Bonchev–Trinajstić information content (AvgIpc) is 2.59. The summed E-state index contributed by atoms with van der Waals surface area (Å²) < 4.78 is 0. The summed E-state index contributed by atoms with van der Waals surface area (Å²) in [7, 11) is 0. The van der Waals surface area contributed by atoms with Crippen molar-refractivity contribution in [3.63, 3.8) is 0 Å². The summed E-state index contributed by atoms with van der Waals surface area (Å²) in [4.78, 5) is 27.9. The van der Waals surface area contributed by atoms with Crippen molar-refractivity contribution in [1.82, 2.24) is 0 Å². The maximum absolute atomic E-state index is 9.86. The molecule has 0 bridgehead atoms. The summed E-state index contributed by atoms with van der Waals surface area (Å²) >= 11 is 0.459. The van der Waals surface area contributed by atoms with Crippen molar-refractivity contribution in [3.8, 4) is 0 Å². The summed E-state index contributed by atoms with van der Waals surface area (Å²) in [6.45, 7) is 1.20. The van der Waals surface area contributed by atoms with Gasteiger partial charge in [0.2, 0.25) is 0 Å². The van der Waals surface area contributed by atoms with E-state index in [1.807, 2.05) is 0 Å². The predicted molar refractivity (Wildman–Crippen MR) is 48.5 cm³/mol. The molecule has 1 aliphatic rings.